The molecule has 7 heteroatoms. The summed E-state index contributed by atoms with van der Waals surface area (Å²) in [6, 6.07) is 3.80. The molecule has 1 fully saturated rings. The molecule has 0 aliphatic carbocycles. The SMILES string of the molecule is Cc1ccc(N2CCOC(C(N)=NO)C2)nn1. The van der Waals surface area contributed by atoms with E-state index in [1.165, 1.54) is 0 Å². The Kier molecular flexibility index (Phi) is 3.38. The summed E-state index contributed by atoms with van der Waals surface area (Å²) in [7, 11) is 0. The third-order valence-corrected chi connectivity index (χ3v) is 2.62. The van der Waals surface area contributed by atoms with Gasteiger partial charge in [-0.05, 0) is 19.1 Å². The molecule has 2 heterocycles. The molecule has 2 rings (SSSR count). The molecular formula is C10H15N5O2. The van der Waals surface area contributed by atoms with Gasteiger partial charge >= 0.3 is 0 Å². The van der Waals surface area contributed by atoms with Gasteiger partial charge in [0.15, 0.2) is 11.7 Å². The Morgan fingerprint density at radius 1 is 1.59 bits per heavy atom. The molecule has 0 saturated carbocycles. The zero-order valence-electron chi connectivity index (χ0n) is 9.58. The van der Waals surface area contributed by atoms with Crippen molar-refractivity contribution in [2.24, 2.45) is 10.9 Å². The van der Waals surface area contributed by atoms with Gasteiger partial charge < -0.3 is 20.6 Å². The first-order valence-electron chi connectivity index (χ1n) is 5.35. The van der Waals surface area contributed by atoms with Crippen LogP contribution in [0.15, 0.2) is 17.3 Å². The third kappa shape index (κ3) is 2.62. The second-order valence-electron chi connectivity index (χ2n) is 3.86. The summed E-state index contributed by atoms with van der Waals surface area (Å²) >= 11 is 0. The van der Waals surface area contributed by atoms with Crippen molar-refractivity contribution in [2.75, 3.05) is 24.6 Å². The van der Waals surface area contributed by atoms with E-state index in [-0.39, 0.29) is 5.84 Å². The Morgan fingerprint density at radius 3 is 3.06 bits per heavy atom. The highest BCUT2D eigenvalue weighted by atomic mass is 16.5. The average molecular weight is 237 g/mol. The van der Waals surface area contributed by atoms with Crippen LogP contribution in [0.4, 0.5) is 5.82 Å². The first kappa shape index (κ1) is 11.6. The number of hydrogen-bond donors (Lipinski definition) is 2. The predicted molar refractivity (Wildman–Crippen MR) is 62.1 cm³/mol. The Bertz CT molecular complexity index is 406. The zero-order valence-corrected chi connectivity index (χ0v) is 9.58. The number of oxime groups is 1. The van der Waals surface area contributed by atoms with E-state index in [1.54, 1.807) is 0 Å². The second-order valence-corrected chi connectivity index (χ2v) is 3.86. The monoisotopic (exact) mass is 237 g/mol. The van der Waals surface area contributed by atoms with Crippen LogP contribution < -0.4 is 10.6 Å². The zero-order chi connectivity index (χ0) is 12.3. The largest absolute Gasteiger partial charge is 0.409 e. The summed E-state index contributed by atoms with van der Waals surface area (Å²) in [5.41, 5.74) is 6.39. The first-order chi connectivity index (χ1) is 8.20. The average Bonchev–Trinajstić information content (AvgIpc) is 2.39. The van der Waals surface area contributed by atoms with Gasteiger partial charge in [0.05, 0.1) is 18.8 Å². The van der Waals surface area contributed by atoms with Gasteiger partial charge in [-0.3, -0.25) is 0 Å². The Hall–Kier alpha value is -1.89. The molecule has 1 saturated heterocycles. The first-order valence-corrected chi connectivity index (χ1v) is 5.35. The van der Waals surface area contributed by atoms with Crippen LogP contribution in [0.2, 0.25) is 0 Å². The van der Waals surface area contributed by atoms with Gasteiger partial charge in [0.1, 0.15) is 6.10 Å². The number of ether oxygens (including phenoxy) is 1. The van der Waals surface area contributed by atoms with Crippen LogP contribution in [0.3, 0.4) is 0 Å². The van der Waals surface area contributed by atoms with Crippen LogP contribution in [0.25, 0.3) is 0 Å². The van der Waals surface area contributed by atoms with Gasteiger partial charge in [-0.25, -0.2) is 0 Å². The summed E-state index contributed by atoms with van der Waals surface area (Å²) in [6.45, 7) is 3.62. The second kappa shape index (κ2) is 4.96. The van der Waals surface area contributed by atoms with Crippen molar-refractivity contribution in [1.29, 1.82) is 0 Å². The van der Waals surface area contributed by atoms with Gasteiger partial charge in [0, 0.05) is 6.54 Å². The normalized spacial score (nSPS) is 21.6. The molecule has 0 spiro atoms. The lowest BCUT2D eigenvalue weighted by Crippen LogP contribution is -2.48. The lowest BCUT2D eigenvalue weighted by atomic mass is 10.2. The maximum absolute atomic E-state index is 8.62. The summed E-state index contributed by atoms with van der Waals surface area (Å²) in [5, 5.41) is 19.7. The van der Waals surface area contributed by atoms with Crippen LogP contribution in [0.1, 0.15) is 5.69 Å². The maximum atomic E-state index is 8.62. The number of amidine groups is 1. The fourth-order valence-corrected chi connectivity index (χ4v) is 1.66. The molecule has 1 aliphatic heterocycles. The maximum Gasteiger partial charge on any atom is 0.170 e. The van der Waals surface area contributed by atoms with E-state index in [1.807, 2.05) is 24.0 Å². The molecular weight excluding hydrogens is 222 g/mol. The number of anilines is 1. The molecule has 1 aromatic heterocycles. The van der Waals surface area contributed by atoms with E-state index in [2.05, 4.69) is 15.4 Å². The fraction of sp³-hybridized carbons (Fsp3) is 0.500. The molecule has 1 aliphatic rings. The van der Waals surface area contributed by atoms with Gasteiger partial charge in [-0.1, -0.05) is 5.16 Å². The van der Waals surface area contributed by atoms with Gasteiger partial charge in [0.25, 0.3) is 0 Å². The van der Waals surface area contributed by atoms with Gasteiger partial charge in [-0.2, -0.15) is 5.10 Å². The number of aromatic nitrogens is 2. The molecule has 0 amide bonds. The minimum atomic E-state index is -0.406. The van der Waals surface area contributed by atoms with Gasteiger partial charge in [0.2, 0.25) is 0 Å². The third-order valence-electron chi connectivity index (χ3n) is 2.62. The number of aryl methyl sites for hydroxylation is 1. The van der Waals surface area contributed by atoms with Crippen molar-refractivity contribution in [3.63, 3.8) is 0 Å². The number of hydrogen-bond acceptors (Lipinski definition) is 6. The summed E-state index contributed by atoms with van der Waals surface area (Å²) in [6.07, 6.45) is -0.406. The molecule has 1 aromatic rings. The van der Waals surface area contributed by atoms with E-state index in [9.17, 15) is 0 Å². The van der Waals surface area contributed by atoms with Crippen molar-refractivity contribution in [2.45, 2.75) is 13.0 Å². The van der Waals surface area contributed by atoms with Gasteiger partial charge in [-0.15, -0.1) is 5.10 Å². The highest BCUT2D eigenvalue weighted by Crippen LogP contribution is 2.14. The van der Waals surface area contributed by atoms with Crippen molar-refractivity contribution >= 4 is 11.7 Å². The lowest BCUT2D eigenvalue weighted by molar-refractivity contribution is 0.0803. The Morgan fingerprint density at radius 2 is 2.41 bits per heavy atom. The fourth-order valence-electron chi connectivity index (χ4n) is 1.66. The minimum absolute atomic E-state index is 0.0785. The highest BCUT2D eigenvalue weighted by Gasteiger charge is 2.24. The number of morpholine rings is 1. The van der Waals surface area contributed by atoms with Crippen molar-refractivity contribution in [1.82, 2.24) is 10.2 Å². The van der Waals surface area contributed by atoms with E-state index in [4.69, 9.17) is 15.7 Å². The molecule has 1 atom stereocenters. The number of nitrogens with two attached hydrogens (primary N) is 1. The quantitative estimate of drug-likeness (QED) is 0.318. The van der Waals surface area contributed by atoms with Crippen LogP contribution in [0.5, 0.6) is 0 Å². The smallest absolute Gasteiger partial charge is 0.170 e. The molecule has 1 unspecified atom stereocenters. The summed E-state index contributed by atoms with van der Waals surface area (Å²) < 4.78 is 5.40. The molecule has 0 bridgehead atoms. The highest BCUT2D eigenvalue weighted by molar-refractivity contribution is 5.85. The van der Waals surface area contributed by atoms with Crippen molar-refractivity contribution < 1.29 is 9.94 Å². The standard InChI is InChI=1S/C10H15N5O2/c1-7-2-3-9(13-12-7)15-4-5-17-8(6-15)10(11)14-16/h2-3,8,16H,4-6H2,1H3,(H2,11,14). The molecule has 92 valence electrons. The van der Waals surface area contributed by atoms with E-state index in [0.717, 1.165) is 11.5 Å². The minimum Gasteiger partial charge on any atom is -0.409 e. The summed E-state index contributed by atoms with van der Waals surface area (Å²) in [4.78, 5) is 2.00. The van der Waals surface area contributed by atoms with Crippen molar-refractivity contribution in [3.05, 3.63) is 17.8 Å². The Labute approximate surface area is 98.9 Å². The lowest BCUT2D eigenvalue weighted by Gasteiger charge is -2.32. The molecule has 17 heavy (non-hydrogen) atoms. The molecule has 7 nitrogen and oxygen atoms in total. The summed E-state index contributed by atoms with van der Waals surface area (Å²) in [5.74, 6) is 0.851. The number of nitrogens with zero attached hydrogens (tertiary/aromatic N) is 4. The predicted octanol–water partition coefficient (Wildman–Crippen LogP) is -0.263. The van der Waals surface area contributed by atoms with Crippen LogP contribution in [0, 0.1) is 6.92 Å². The topological polar surface area (TPSA) is 96.9 Å². The number of rotatable bonds is 2. The van der Waals surface area contributed by atoms with Crippen LogP contribution in [-0.4, -0.2) is 47.0 Å². The molecule has 0 aromatic carbocycles. The van der Waals surface area contributed by atoms with E-state index >= 15 is 0 Å². The van der Waals surface area contributed by atoms with Crippen LogP contribution >= 0.6 is 0 Å². The molecule has 0 radical (unpaired) electrons. The van der Waals surface area contributed by atoms with Crippen molar-refractivity contribution in [3.8, 4) is 0 Å². The van der Waals surface area contributed by atoms with E-state index < -0.39 is 6.10 Å². The molecule has 3 N–H and O–H groups in total. The van der Waals surface area contributed by atoms with E-state index in [0.29, 0.717) is 19.7 Å². The van der Waals surface area contributed by atoms with Crippen LogP contribution in [-0.2, 0) is 4.74 Å². The Balaban J connectivity index is 2.09.